The molecule has 0 saturated heterocycles. The summed E-state index contributed by atoms with van der Waals surface area (Å²) in [6.07, 6.45) is 0. The summed E-state index contributed by atoms with van der Waals surface area (Å²) >= 11 is 1.55. The third-order valence-corrected chi connectivity index (χ3v) is 4.20. The van der Waals surface area contributed by atoms with Crippen molar-refractivity contribution in [1.29, 1.82) is 0 Å². The molecule has 108 valence electrons. The van der Waals surface area contributed by atoms with Gasteiger partial charge in [0, 0.05) is 25.8 Å². The van der Waals surface area contributed by atoms with Crippen LogP contribution in [0.5, 0.6) is 0 Å². The Morgan fingerprint density at radius 1 is 1.30 bits per heavy atom. The van der Waals surface area contributed by atoms with E-state index in [-0.39, 0.29) is 6.61 Å². The third kappa shape index (κ3) is 3.36. The van der Waals surface area contributed by atoms with Crippen LogP contribution in [-0.4, -0.2) is 36.9 Å². The molecule has 0 aliphatic carbocycles. The van der Waals surface area contributed by atoms with Crippen molar-refractivity contribution in [2.24, 2.45) is 0 Å². The van der Waals surface area contributed by atoms with Gasteiger partial charge in [-0.05, 0) is 6.92 Å². The molecule has 0 radical (unpaired) electrons. The van der Waals surface area contributed by atoms with E-state index in [1.54, 1.807) is 18.4 Å². The summed E-state index contributed by atoms with van der Waals surface area (Å²) in [5.41, 5.74) is 1.92. The number of thiazole rings is 1. The molecule has 2 aromatic rings. The van der Waals surface area contributed by atoms with Crippen LogP contribution >= 0.6 is 11.3 Å². The lowest BCUT2D eigenvalue weighted by Gasteiger charge is -2.18. The van der Waals surface area contributed by atoms with Crippen molar-refractivity contribution < 1.29 is 9.84 Å². The lowest BCUT2D eigenvalue weighted by atomic mass is 10.1. The number of methoxy groups -OCH3 is 1. The molecular weight excluding hydrogens is 272 g/mol. The van der Waals surface area contributed by atoms with Gasteiger partial charge in [-0.1, -0.05) is 41.7 Å². The zero-order chi connectivity index (χ0) is 14.4. The van der Waals surface area contributed by atoms with Crippen LogP contribution in [0.25, 0.3) is 11.3 Å². The molecule has 0 saturated carbocycles. The average molecular weight is 292 g/mol. The number of nitrogens with zero attached hydrogens (tertiary/aromatic N) is 2. The zero-order valence-corrected chi connectivity index (χ0v) is 12.7. The molecular formula is C15H20N2O2S. The Balaban J connectivity index is 2.30. The average Bonchev–Trinajstić information content (AvgIpc) is 2.93. The number of anilines is 1. The fourth-order valence-corrected chi connectivity index (χ4v) is 3.03. The Morgan fingerprint density at radius 2 is 2.05 bits per heavy atom. The van der Waals surface area contributed by atoms with Gasteiger partial charge in [-0.25, -0.2) is 4.98 Å². The monoisotopic (exact) mass is 292 g/mol. The second-order valence-electron chi connectivity index (χ2n) is 4.36. The van der Waals surface area contributed by atoms with Crippen LogP contribution in [0.15, 0.2) is 30.3 Å². The van der Waals surface area contributed by atoms with E-state index < -0.39 is 0 Å². The summed E-state index contributed by atoms with van der Waals surface area (Å²) in [5, 5.41) is 10.5. The maximum Gasteiger partial charge on any atom is 0.186 e. The quantitative estimate of drug-likeness (QED) is 0.852. The van der Waals surface area contributed by atoms with E-state index in [0.29, 0.717) is 6.61 Å². The fraction of sp³-hybridized carbons (Fsp3) is 0.400. The molecule has 5 heteroatoms. The summed E-state index contributed by atoms with van der Waals surface area (Å²) in [4.78, 5) is 7.78. The van der Waals surface area contributed by atoms with Crippen molar-refractivity contribution in [3.05, 3.63) is 35.2 Å². The van der Waals surface area contributed by atoms with E-state index in [1.165, 1.54) is 0 Å². The van der Waals surface area contributed by atoms with Crippen LogP contribution in [0.3, 0.4) is 0 Å². The van der Waals surface area contributed by atoms with Crippen molar-refractivity contribution in [2.75, 3.05) is 31.7 Å². The van der Waals surface area contributed by atoms with Gasteiger partial charge in [-0.15, -0.1) is 0 Å². The number of hydrogen-bond donors (Lipinski definition) is 1. The van der Waals surface area contributed by atoms with Crippen molar-refractivity contribution in [2.45, 2.75) is 13.5 Å². The molecule has 0 aliphatic heterocycles. The summed E-state index contributed by atoms with van der Waals surface area (Å²) < 4.78 is 5.13. The first-order chi connectivity index (χ1) is 9.80. The molecule has 20 heavy (non-hydrogen) atoms. The minimum absolute atomic E-state index is 0.0176. The molecule has 0 atom stereocenters. The maximum absolute atomic E-state index is 9.55. The topological polar surface area (TPSA) is 45.6 Å². The van der Waals surface area contributed by atoms with Crippen molar-refractivity contribution in [3.63, 3.8) is 0 Å². The molecule has 2 rings (SSSR count). The standard InChI is InChI=1S/C15H20N2O2S/c1-3-17(9-10-19-2)15-16-14(13(11-18)20-15)12-7-5-4-6-8-12/h4-8,18H,3,9-11H2,1-2H3. The Hall–Kier alpha value is -1.43. The number of likely N-dealkylation sites (N-methyl/N-ethyl adjacent to an activating group) is 1. The molecule has 1 N–H and O–H groups in total. The summed E-state index contributed by atoms with van der Waals surface area (Å²) in [6, 6.07) is 9.98. The highest BCUT2D eigenvalue weighted by Gasteiger charge is 2.15. The number of ether oxygens (including phenoxy) is 1. The molecule has 0 unspecified atom stereocenters. The van der Waals surface area contributed by atoms with Crippen LogP contribution in [0.1, 0.15) is 11.8 Å². The first kappa shape index (κ1) is 15.0. The van der Waals surface area contributed by atoms with Crippen LogP contribution in [-0.2, 0) is 11.3 Å². The molecule has 1 heterocycles. The second-order valence-corrected chi connectivity index (χ2v) is 5.43. The SMILES string of the molecule is CCN(CCOC)c1nc(-c2ccccc2)c(CO)s1. The third-order valence-electron chi connectivity index (χ3n) is 3.09. The van der Waals surface area contributed by atoms with Crippen LogP contribution < -0.4 is 4.90 Å². The molecule has 0 amide bonds. The van der Waals surface area contributed by atoms with Gasteiger partial charge in [-0.3, -0.25) is 0 Å². The van der Waals surface area contributed by atoms with Gasteiger partial charge in [0.1, 0.15) is 0 Å². The van der Waals surface area contributed by atoms with Gasteiger partial charge >= 0.3 is 0 Å². The first-order valence-corrected chi connectivity index (χ1v) is 7.51. The highest BCUT2D eigenvalue weighted by atomic mass is 32.1. The largest absolute Gasteiger partial charge is 0.391 e. The van der Waals surface area contributed by atoms with E-state index in [0.717, 1.165) is 34.4 Å². The van der Waals surface area contributed by atoms with Gasteiger partial charge in [0.05, 0.1) is 23.8 Å². The lowest BCUT2D eigenvalue weighted by Crippen LogP contribution is -2.26. The number of aliphatic hydroxyl groups is 1. The Labute approximate surface area is 123 Å². The number of benzene rings is 1. The Kier molecular flexibility index (Phi) is 5.52. The molecule has 0 bridgehead atoms. The zero-order valence-electron chi connectivity index (χ0n) is 11.9. The highest BCUT2D eigenvalue weighted by Crippen LogP contribution is 2.32. The molecule has 0 fully saturated rings. The molecule has 1 aromatic heterocycles. The lowest BCUT2D eigenvalue weighted by molar-refractivity contribution is 0.205. The van der Waals surface area contributed by atoms with Crippen LogP contribution in [0, 0.1) is 0 Å². The van der Waals surface area contributed by atoms with E-state index in [2.05, 4.69) is 11.8 Å². The van der Waals surface area contributed by atoms with Crippen LogP contribution in [0.2, 0.25) is 0 Å². The van der Waals surface area contributed by atoms with Gasteiger partial charge < -0.3 is 14.7 Å². The summed E-state index contributed by atoms with van der Waals surface area (Å²) in [6.45, 7) is 4.46. The fourth-order valence-electron chi connectivity index (χ4n) is 1.99. The molecule has 0 aliphatic rings. The first-order valence-electron chi connectivity index (χ1n) is 6.70. The van der Waals surface area contributed by atoms with Gasteiger partial charge in [0.2, 0.25) is 0 Å². The number of rotatable bonds is 7. The predicted octanol–water partition coefficient (Wildman–Crippen LogP) is 2.78. The predicted molar refractivity (Wildman–Crippen MR) is 83.2 cm³/mol. The second kappa shape index (κ2) is 7.38. The van der Waals surface area contributed by atoms with E-state index >= 15 is 0 Å². The van der Waals surface area contributed by atoms with Gasteiger partial charge in [-0.2, -0.15) is 0 Å². The minimum atomic E-state index is 0.0176. The molecule has 1 aromatic carbocycles. The number of aliphatic hydroxyl groups excluding tert-OH is 1. The smallest absolute Gasteiger partial charge is 0.186 e. The van der Waals surface area contributed by atoms with Gasteiger partial charge in [0.25, 0.3) is 0 Å². The minimum Gasteiger partial charge on any atom is -0.391 e. The summed E-state index contributed by atoms with van der Waals surface area (Å²) in [5.74, 6) is 0. The van der Waals surface area contributed by atoms with E-state index in [4.69, 9.17) is 9.72 Å². The highest BCUT2D eigenvalue weighted by molar-refractivity contribution is 7.16. The number of hydrogen-bond acceptors (Lipinski definition) is 5. The maximum atomic E-state index is 9.55. The molecule has 4 nitrogen and oxygen atoms in total. The van der Waals surface area contributed by atoms with Gasteiger partial charge in [0.15, 0.2) is 5.13 Å². The normalized spacial score (nSPS) is 10.8. The van der Waals surface area contributed by atoms with Crippen molar-refractivity contribution >= 4 is 16.5 Å². The Bertz CT molecular complexity index is 528. The Morgan fingerprint density at radius 3 is 2.65 bits per heavy atom. The van der Waals surface area contributed by atoms with Crippen molar-refractivity contribution in [1.82, 2.24) is 4.98 Å². The van der Waals surface area contributed by atoms with Crippen LogP contribution in [0.4, 0.5) is 5.13 Å². The van der Waals surface area contributed by atoms with E-state index in [9.17, 15) is 5.11 Å². The van der Waals surface area contributed by atoms with E-state index in [1.807, 2.05) is 30.3 Å². The molecule has 0 spiro atoms. The summed E-state index contributed by atoms with van der Waals surface area (Å²) in [7, 11) is 1.70. The number of aromatic nitrogens is 1. The van der Waals surface area contributed by atoms with Crippen molar-refractivity contribution in [3.8, 4) is 11.3 Å².